The lowest BCUT2D eigenvalue weighted by Crippen LogP contribution is -2.35. The summed E-state index contributed by atoms with van der Waals surface area (Å²) in [5.74, 6) is -0.641. The van der Waals surface area contributed by atoms with E-state index in [0.29, 0.717) is 6.54 Å². The fourth-order valence-corrected chi connectivity index (χ4v) is 3.53. The minimum Gasteiger partial charge on any atom is -0.481 e. The number of rotatable bonds is 5. The standard InChI is InChI=1S/C13H20N2O2S/c1-3-4-13(12(16)17)5-7-15(9-13)10(2)11-14-6-8-18-11/h6,8,10H,3-5,7,9H2,1-2H3,(H,16,17). The van der Waals surface area contributed by atoms with Crippen LogP contribution in [0.3, 0.4) is 0 Å². The van der Waals surface area contributed by atoms with Crippen LogP contribution in [-0.2, 0) is 4.79 Å². The average molecular weight is 268 g/mol. The summed E-state index contributed by atoms with van der Waals surface area (Å²) in [7, 11) is 0. The van der Waals surface area contributed by atoms with Crippen molar-refractivity contribution >= 4 is 17.3 Å². The van der Waals surface area contributed by atoms with Crippen molar-refractivity contribution in [2.75, 3.05) is 13.1 Å². The van der Waals surface area contributed by atoms with E-state index in [9.17, 15) is 9.90 Å². The fraction of sp³-hybridized carbons (Fsp3) is 0.692. The molecule has 2 unspecified atom stereocenters. The molecular weight excluding hydrogens is 248 g/mol. The number of carboxylic acid groups (broad SMARTS) is 1. The van der Waals surface area contributed by atoms with Crippen LogP contribution in [0, 0.1) is 5.41 Å². The van der Waals surface area contributed by atoms with Gasteiger partial charge in [-0.25, -0.2) is 4.98 Å². The molecule has 0 spiro atoms. The molecule has 2 rings (SSSR count). The van der Waals surface area contributed by atoms with Crippen LogP contribution < -0.4 is 0 Å². The Bertz CT molecular complexity index is 407. The molecule has 5 heteroatoms. The van der Waals surface area contributed by atoms with E-state index < -0.39 is 11.4 Å². The van der Waals surface area contributed by atoms with Gasteiger partial charge in [-0.1, -0.05) is 13.3 Å². The number of aliphatic carboxylic acids is 1. The van der Waals surface area contributed by atoms with Crippen LogP contribution in [0.25, 0.3) is 0 Å². The highest BCUT2D eigenvalue weighted by Gasteiger charge is 2.45. The number of likely N-dealkylation sites (tertiary alicyclic amines) is 1. The maximum atomic E-state index is 11.5. The van der Waals surface area contributed by atoms with Crippen molar-refractivity contribution in [2.45, 2.75) is 39.2 Å². The van der Waals surface area contributed by atoms with Gasteiger partial charge in [0.2, 0.25) is 0 Å². The Labute approximate surface area is 112 Å². The zero-order valence-electron chi connectivity index (χ0n) is 10.9. The van der Waals surface area contributed by atoms with Gasteiger partial charge in [-0.15, -0.1) is 11.3 Å². The molecule has 2 heterocycles. The van der Waals surface area contributed by atoms with E-state index in [2.05, 4.69) is 23.7 Å². The van der Waals surface area contributed by atoms with Gasteiger partial charge in [0.25, 0.3) is 0 Å². The third-order valence-electron chi connectivity index (χ3n) is 3.92. The van der Waals surface area contributed by atoms with Gasteiger partial charge in [0.05, 0.1) is 11.5 Å². The van der Waals surface area contributed by atoms with E-state index in [4.69, 9.17) is 0 Å². The number of hydrogen-bond donors (Lipinski definition) is 1. The quantitative estimate of drug-likeness (QED) is 0.892. The van der Waals surface area contributed by atoms with Crippen LogP contribution in [0.2, 0.25) is 0 Å². The van der Waals surface area contributed by atoms with Gasteiger partial charge in [0, 0.05) is 24.7 Å². The molecule has 4 nitrogen and oxygen atoms in total. The van der Waals surface area contributed by atoms with E-state index >= 15 is 0 Å². The number of hydrogen-bond acceptors (Lipinski definition) is 4. The van der Waals surface area contributed by atoms with Gasteiger partial charge in [-0.05, 0) is 19.8 Å². The fourth-order valence-electron chi connectivity index (χ4n) is 2.80. The Kier molecular flexibility index (Phi) is 4.02. The molecule has 1 N–H and O–H groups in total. The minimum absolute atomic E-state index is 0.225. The maximum absolute atomic E-state index is 11.5. The van der Waals surface area contributed by atoms with Crippen LogP contribution in [0.5, 0.6) is 0 Å². The molecule has 0 amide bonds. The Hall–Kier alpha value is -0.940. The van der Waals surface area contributed by atoms with E-state index in [1.54, 1.807) is 11.3 Å². The largest absolute Gasteiger partial charge is 0.481 e. The topological polar surface area (TPSA) is 53.4 Å². The number of aromatic nitrogens is 1. The third kappa shape index (κ3) is 2.42. The van der Waals surface area contributed by atoms with E-state index in [1.807, 2.05) is 11.6 Å². The van der Waals surface area contributed by atoms with Crippen molar-refractivity contribution < 1.29 is 9.90 Å². The predicted molar refractivity (Wildman–Crippen MR) is 71.7 cm³/mol. The van der Waals surface area contributed by atoms with Crippen molar-refractivity contribution in [3.05, 3.63) is 16.6 Å². The van der Waals surface area contributed by atoms with Crippen LogP contribution >= 0.6 is 11.3 Å². The van der Waals surface area contributed by atoms with Gasteiger partial charge in [-0.2, -0.15) is 0 Å². The van der Waals surface area contributed by atoms with Crippen LogP contribution in [0.1, 0.15) is 44.2 Å². The normalized spacial score (nSPS) is 26.3. The second kappa shape index (κ2) is 5.36. The number of carbonyl (C=O) groups is 1. The van der Waals surface area contributed by atoms with Crippen molar-refractivity contribution in [1.29, 1.82) is 0 Å². The molecule has 1 aliphatic heterocycles. The first-order valence-electron chi connectivity index (χ1n) is 6.46. The van der Waals surface area contributed by atoms with Gasteiger partial charge >= 0.3 is 5.97 Å². The first-order valence-corrected chi connectivity index (χ1v) is 7.34. The molecule has 1 aliphatic rings. The summed E-state index contributed by atoms with van der Waals surface area (Å²) in [4.78, 5) is 18.1. The van der Waals surface area contributed by atoms with Crippen molar-refractivity contribution in [2.24, 2.45) is 5.41 Å². The summed E-state index contributed by atoms with van der Waals surface area (Å²) >= 11 is 1.64. The first-order chi connectivity index (χ1) is 8.59. The molecule has 0 saturated carbocycles. The highest BCUT2D eigenvalue weighted by atomic mass is 32.1. The molecule has 18 heavy (non-hydrogen) atoms. The molecule has 1 saturated heterocycles. The summed E-state index contributed by atoms with van der Waals surface area (Å²) in [5, 5.41) is 12.5. The summed E-state index contributed by atoms with van der Waals surface area (Å²) < 4.78 is 0. The Morgan fingerprint density at radius 1 is 1.72 bits per heavy atom. The van der Waals surface area contributed by atoms with Crippen LogP contribution in [0.15, 0.2) is 11.6 Å². The number of thiazole rings is 1. The van der Waals surface area contributed by atoms with Gasteiger partial charge in [0.1, 0.15) is 5.01 Å². The Balaban J connectivity index is 2.09. The number of nitrogens with zero attached hydrogens (tertiary/aromatic N) is 2. The van der Waals surface area contributed by atoms with Crippen molar-refractivity contribution in [1.82, 2.24) is 9.88 Å². The lowest BCUT2D eigenvalue weighted by Gasteiger charge is -2.26. The average Bonchev–Trinajstić information content (AvgIpc) is 2.98. The lowest BCUT2D eigenvalue weighted by molar-refractivity contribution is -0.148. The van der Waals surface area contributed by atoms with E-state index in [1.165, 1.54) is 0 Å². The minimum atomic E-state index is -0.641. The summed E-state index contributed by atoms with van der Waals surface area (Å²) in [5.41, 5.74) is -0.541. The highest BCUT2D eigenvalue weighted by molar-refractivity contribution is 7.09. The Morgan fingerprint density at radius 3 is 3.06 bits per heavy atom. The third-order valence-corrected chi connectivity index (χ3v) is 4.87. The summed E-state index contributed by atoms with van der Waals surface area (Å²) in [6.45, 7) is 5.67. The molecule has 1 aromatic rings. The monoisotopic (exact) mass is 268 g/mol. The molecule has 0 aliphatic carbocycles. The zero-order chi connectivity index (χ0) is 13.2. The van der Waals surface area contributed by atoms with E-state index in [-0.39, 0.29) is 6.04 Å². The van der Waals surface area contributed by atoms with Crippen molar-refractivity contribution in [3.63, 3.8) is 0 Å². The molecule has 100 valence electrons. The SMILES string of the molecule is CCCC1(C(=O)O)CCN(C(C)c2nccs2)C1. The van der Waals surface area contributed by atoms with Gasteiger partial charge < -0.3 is 5.11 Å². The Morgan fingerprint density at radius 2 is 2.50 bits per heavy atom. The van der Waals surface area contributed by atoms with Crippen molar-refractivity contribution in [3.8, 4) is 0 Å². The van der Waals surface area contributed by atoms with Crippen LogP contribution in [0.4, 0.5) is 0 Å². The molecule has 2 atom stereocenters. The molecule has 1 fully saturated rings. The number of carboxylic acids is 1. The lowest BCUT2D eigenvalue weighted by atomic mass is 9.83. The predicted octanol–water partition coefficient (Wildman–Crippen LogP) is 2.78. The molecular formula is C13H20N2O2S. The van der Waals surface area contributed by atoms with Crippen LogP contribution in [-0.4, -0.2) is 34.0 Å². The van der Waals surface area contributed by atoms with E-state index in [0.717, 1.165) is 30.8 Å². The molecule has 0 radical (unpaired) electrons. The zero-order valence-corrected chi connectivity index (χ0v) is 11.7. The second-order valence-corrected chi connectivity index (χ2v) is 6.03. The summed E-state index contributed by atoms with van der Waals surface area (Å²) in [6.07, 6.45) is 4.25. The molecule has 1 aromatic heterocycles. The van der Waals surface area contributed by atoms with Gasteiger partial charge in [-0.3, -0.25) is 9.69 Å². The smallest absolute Gasteiger partial charge is 0.310 e. The first kappa shape index (κ1) is 13.5. The molecule has 0 bridgehead atoms. The second-order valence-electron chi connectivity index (χ2n) is 5.10. The highest BCUT2D eigenvalue weighted by Crippen LogP contribution is 2.39. The maximum Gasteiger partial charge on any atom is 0.310 e. The van der Waals surface area contributed by atoms with Gasteiger partial charge in [0.15, 0.2) is 0 Å². The molecule has 0 aromatic carbocycles. The summed E-state index contributed by atoms with van der Waals surface area (Å²) in [6, 6.07) is 0.225.